The SMILES string of the molecule is COc1ccc(N2CCCN(CCOc3ccccc3OC)CC2)cc1. The Morgan fingerprint density at radius 2 is 1.58 bits per heavy atom. The van der Waals surface area contributed by atoms with Crippen LogP contribution in [0.3, 0.4) is 0 Å². The molecule has 0 radical (unpaired) electrons. The molecule has 1 heterocycles. The average Bonchev–Trinajstić information content (AvgIpc) is 2.94. The van der Waals surface area contributed by atoms with Gasteiger partial charge in [0.15, 0.2) is 11.5 Å². The fourth-order valence-corrected chi connectivity index (χ4v) is 3.27. The van der Waals surface area contributed by atoms with Crippen molar-refractivity contribution in [2.24, 2.45) is 0 Å². The first-order chi connectivity index (χ1) is 12.8. The molecule has 0 amide bonds. The monoisotopic (exact) mass is 356 g/mol. The van der Waals surface area contributed by atoms with Crippen molar-refractivity contribution in [3.05, 3.63) is 48.5 Å². The highest BCUT2D eigenvalue weighted by molar-refractivity contribution is 5.49. The highest BCUT2D eigenvalue weighted by Crippen LogP contribution is 2.25. The third-order valence-electron chi connectivity index (χ3n) is 4.76. The number of hydrogen-bond donors (Lipinski definition) is 0. The van der Waals surface area contributed by atoms with Crippen molar-refractivity contribution >= 4 is 5.69 Å². The van der Waals surface area contributed by atoms with E-state index in [-0.39, 0.29) is 0 Å². The van der Waals surface area contributed by atoms with Crippen molar-refractivity contribution < 1.29 is 14.2 Å². The fraction of sp³-hybridized carbons (Fsp3) is 0.429. The van der Waals surface area contributed by atoms with Gasteiger partial charge >= 0.3 is 0 Å². The normalized spacial score (nSPS) is 15.4. The van der Waals surface area contributed by atoms with Crippen LogP contribution in [0.15, 0.2) is 48.5 Å². The molecule has 0 saturated carbocycles. The van der Waals surface area contributed by atoms with E-state index in [1.54, 1.807) is 14.2 Å². The molecule has 1 saturated heterocycles. The van der Waals surface area contributed by atoms with Gasteiger partial charge in [0.2, 0.25) is 0 Å². The number of nitrogens with zero attached hydrogens (tertiary/aromatic N) is 2. The van der Waals surface area contributed by atoms with E-state index >= 15 is 0 Å². The zero-order valence-corrected chi connectivity index (χ0v) is 15.7. The zero-order chi connectivity index (χ0) is 18.2. The predicted octanol–water partition coefficient (Wildman–Crippen LogP) is 3.29. The van der Waals surface area contributed by atoms with Gasteiger partial charge in [0.05, 0.1) is 14.2 Å². The number of ether oxygens (including phenoxy) is 3. The molecule has 2 aromatic rings. The molecule has 5 heteroatoms. The number of benzene rings is 2. The van der Waals surface area contributed by atoms with Crippen LogP contribution in [0.4, 0.5) is 5.69 Å². The lowest BCUT2D eigenvalue weighted by atomic mass is 10.2. The third-order valence-corrected chi connectivity index (χ3v) is 4.76. The summed E-state index contributed by atoms with van der Waals surface area (Å²) in [5, 5.41) is 0. The van der Waals surface area contributed by atoms with E-state index < -0.39 is 0 Å². The summed E-state index contributed by atoms with van der Waals surface area (Å²) in [5.74, 6) is 2.50. The van der Waals surface area contributed by atoms with Crippen LogP contribution < -0.4 is 19.1 Å². The van der Waals surface area contributed by atoms with Crippen LogP contribution in [0.5, 0.6) is 17.2 Å². The van der Waals surface area contributed by atoms with E-state index in [0.717, 1.165) is 56.4 Å². The van der Waals surface area contributed by atoms with Gasteiger partial charge in [-0.3, -0.25) is 4.90 Å². The van der Waals surface area contributed by atoms with Gasteiger partial charge in [-0.05, 0) is 42.8 Å². The smallest absolute Gasteiger partial charge is 0.161 e. The molecule has 1 fully saturated rings. The average molecular weight is 356 g/mol. The Morgan fingerprint density at radius 1 is 0.808 bits per heavy atom. The van der Waals surface area contributed by atoms with Crippen LogP contribution in [-0.4, -0.2) is 58.5 Å². The summed E-state index contributed by atoms with van der Waals surface area (Å²) in [6.45, 7) is 5.85. The number of hydrogen-bond acceptors (Lipinski definition) is 5. The summed E-state index contributed by atoms with van der Waals surface area (Å²) >= 11 is 0. The van der Waals surface area contributed by atoms with Crippen LogP contribution in [0.2, 0.25) is 0 Å². The molecule has 3 rings (SSSR count). The Morgan fingerprint density at radius 3 is 2.31 bits per heavy atom. The van der Waals surface area contributed by atoms with Crippen molar-refractivity contribution in [2.75, 3.05) is 58.5 Å². The second kappa shape index (κ2) is 9.34. The molecule has 2 aromatic carbocycles. The van der Waals surface area contributed by atoms with Crippen molar-refractivity contribution in [3.8, 4) is 17.2 Å². The maximum absolute atomic E-state index is 5.91. The summed E-state index contributed by atoms with van der Waals surface area (Å²) in [4.78, 5) is 4.92. The highest BCUT2D eigenvalue weighted by Gasteiger charge is 2.15. The molecule has 0 N–H and O–H groups in total. The molecule has 0 aromatic heterocycles. The molecular weight excluding hydrogens is 328 g/mol. The first-order valence-corrected chi connectivity index (χ1v) is 9.17. The first kappa shape index (κ1) is 18.4. The van der Waals surface area contributed by atoms with Gasteiger partial charge in [0.25, 0.3) is 0 Å². The Bertz CT molecular complexity index is 675. The molecule has 0 unspecified atom stereocenters. The fourth-order valence-electron chi connectivity index (χ4n) is 3.27. The molecule has 140 valence electrons. The summed E-state index contributed by atoms with van der Waals surface area (Å²) in [5.41, 5.74) is 1.26. The molecule has 0 spiro atoms. The van der Waals surface area contributed by atoms with Crippen LogP contribution in [0, 0.1) is 0 Å². The first-order valence-electron chi connectivity index (χ1n) is 9.17. The van der Waals surface area contributed by atoms with Gasteiger partial charge in [0, 0.05) is 38.4 Å². The predicted molar refractivity (Wildman–Crippen MR) is 105 cm³/mol. The number of methoxy groups -OCH3 is 2. The molecule has 1 aliphatic heterocycles. The van der Waals surface area contributed by atoms with Gasteiger partial charge in [-0.1, -0.05) is 12.1 Å². The largest absolute Gasteiger partial charge is 0.497 e. The highest BCUT2D eigenvalue weighted by atomic mass is 16.5. The Balaban J connectivity index is 1.47. The van der Waals surface area contributed by atoms with Gasteiger partial charge < -0.3 is 19.1 Å². The van der Waals surface area contributed by atoms with E-state index in [1.807, 2.05) is 36.4 Å². The quantitative estimate of drug-likeness (QED) is 0.760. The second-order valence-corrected chi connectivity index (χ2v) is 6.38. The van der Waals surface area contributed by atoms with Crippen LogP contribution in [0.1, 0.15) is 6.42 Å². The minimum absolute atomic E-state index is 0.670. The summed E-state index contributed by atoms with van der Waals surface area (Å²) in [7, 11) is 3.37. The minimum atomic E-state index is 0.670. The molecule has 0 aliphatic carbocycles. The maximum atomic E-state index is 5.91. The number of anilines is 1. The summed E-state index contributed by atoms with van der Waals surface area (Å²) < 4.78 is 16.5. The number of para-hydroxylation sites is 2. The molecular formula is C21H28N2O3. The van der Waals surface area contributed by atoms with Gasteiger partial charge in [-0.25, -0.2) is 0 Å². The summed E-state index contributed by atoms with van der Waals surface area (Å²) in [6, 6.07) is 16.1. The van der Waals surface area contributed by atoms with Gasteiger partial charge in [-0.2, -0.15) is 0 Å². The molecule has 1 aliphatic rings. The van der Waals surface area contributed by atoms with E-state index in [9.17, 15) is 0 Å². The lowest BCUT2D eigenvalue weighted by Gasteiger charge is -2.24. The van der Waals surface area contributed by atoms with E-state index in [4.69, 9.17) is 14.2 Å². The third kappa shape index (κ3) is 4.82. The molecule has 26 heavy (non-hydrogen) atoms. The maximum Gasteiger partial charge on any atom is 0.161 e. The van der Waals surface area contributed by atoms with Crippen molar-refractivity contribution in [1.29, 1.82) is 0 Å². The van der Waals surface area contributed by atoms with Crippen LogP contribution in [0.25, 0.3) is 0 Å². The van der Waals surface area contributed by atoms with Crippen molar-refractivity contribution in [3.63, 3.8) is 0 Å². The van der Waals surface area contributed by atoms with Gasteiger partial charge in [-0.15, -0.1) is 0 Å². The number of rotatable bonds is 7. The molecule has 0 bridgehead atoms. The Kier molecular flexibility index (Phi) is 6.61. The van der Waals surface area contributed by atoms with E-state index in [0.29, 0.717) is 6.61 Å². The van der Waals surface area contributed by atoms with Crippen LogP contribution in [-0.2, 0) is 0 Å². The van der Waals surface area contributed by atoms with Crippen molar-refractivity contribution in [1.82, 2.24) is 4.90 Å². The lowest BCUT2D eigenvalue weighted by molar-refractivity contribution is 0.213. The lowest BCUT2D eigenvalue weighted by Crippen LogP contribution is -2.33. The van der Waals surface area contributed by atoms with Crippen molar-refractivity contribution in [2.45, 2.75) is 6.42 Å². The molecule has 0 atom stereocenters. The molecule has 5 nitrogen and oxygen atoms in total. The second-order valence-electron chi connectivity index (χ2n) is 6.38. The standard InChI is InChI=1S/C21H28N2O3/c1-24-19-10-8-18(9-11-19)23-13-5-12-22(14-15-23)16-17-26-21-7-4-3-6-20(21)25-2/h3-4,6-11H,5,12-17H2,1-2H3. The van der Waals surface area contributed by atoms with E-state index in [1.165, 1.54) is 5.69 Å². The minimum Gasteiger partial charge on any atom is -0.497 e. The topological polar surface area (TPSA) is 34.2 Å². The van der Waals surface area contributed by atoms with Gasteiger partial charge in [0.1, 0.15) is 12.4 Å². The Labute approximate surface area is 156 Å². The van der Waals surface area contributed by atoms with Crippen LogP contribution >= 0.6 is 0 Å². The zero-order valence-electron chi connectivity index (χ0n) is 15.7. The Hall–Kier alpha value is -2.40. The van der Waals surface area contributed by atoms with E-state index in [2.05, 4.69) is 21.9 Å². The summed E-state index contributed by atoms with van der Waals surface area (Å²) in [6.07, 6.45) is 1.15.